The molecule has 2 aromatic carbocycles. The van der Waals surface area contributed by atoms with Gasteiger partial charge < -0.3 is 5.11 Å². The molecule has 2 heterocycles. The number of benzene rings is 2. The van der Waals surface area contributed by atoms with Crippen LogP contribution in [-0.4, -0.2) is 39.0 Å². The minimum absolute atomic E-state index is 0.0280. The van der Waals surface area contributed by atoms with Crippen LogP contribution in [0.1, 0.15) is 11.1 Å². The molecule has 0 amide bonds. The number of halogens is 1. The lowest BCUT2D eigenvalue weighted by molar-refractivity contribution is 0.270. The molecule has 5 nitrogen and oxygen atoms in total. The van der Waals surface area contributed by atoms with Crippen molar-refractivity contribution in [1.82, 2.24) is 15.0 Å². The largest absolute Gasteiger partial charge is 0.394 e. The SMILES string of the molecule is OCCn1nnc2cc(C3=CC(c4ccc(F)cc4)=NC3)ccc21. The number of hydrogen-bond donors (Lipinski definition) is 1. The molecule has 0 saturated heterocycles. The van der Waals surface area contributed by atoms with Gasteiger partial charge in [-0.2, -0.15) is 0 Å². The summed E-state index contributed by atoms with van der Waals surface area (Å²) in [6.45, 7) is 1.04. The van der Waals surface area contributed by atoms with E-state index < -0.39 is 0 Å². The number of hydrogen-bond acceptors (Lipinski definition) is 4. The van der Waals surface area contributed by atoms with Crippen LogP contribution in [0.15, 0.2) is 53.5 Å². The van der Waals surface area contributed by atoms with Crippen molar-refractivity contribution >= 4 is 22.3 Å². The van der Waals surface area contributed by atoms with Gasteiger partial charge in [0.2, 0.25) is 0 Å². The molecule has 0 radical (unpaired) electrons. The van der Waals surface area contributed by atoms with Gasteiger partial charge in [-0.05, 0) is 59.2 Å². The Balaban J connectivity index is 1.64. The van der Waals surface area contributed by atoms with Crippen LogP contribution in [0, 0.1) is 5.82 Å². The number of nitrogens with zero attached hydrogens (tertiary/aromatic N) is 4. The average Bonchev–Trinajstić information content (AvgIpc) is 3.23. The summed E-state index contributed by atoms with van der Waals surface area (Å²) < 4.78 is 14.7. The fourth-order valence-corrected chi connectivity index (χ4v) is 2.83. The Hall–Kier alpha value is -2.86. The fraction of sp³-hybridized carbons (Fsp3) is 0.167. The van der Waals surface area contributed by atoms with Crippen LogP contribution in [0.5, 0.6) is 0 Å². The second-order valence-electron chi connectivity index (χ2n) is 5.62. The molecule has 1 N–H and O–H groups in total. The first kappa shape index (κ1) is 14.7. The normalized spacial score (nSPS) is 14.1. The highest BCUT2D eigenvalue weighted by Gasteiger charge is 2.14. The van der Waals surface area contributed by atoms with Gasteiger partial charge in [-0.25, -0.2) is 9.07 Å². The summed E-state index contributed by atoms with van der Waals surface area (Å²) in [4.78, 5) is 4.54. The zero-order chi connectivity index (χ0) is 16.5. The minimum atomic E-state index is -0.252. The maximum absolute atomic E-state index is 13.0. The number of aromatic nitrogens is 3. The van der Waals surface area contributed by atoms with Crippen molar-refractivity contribution in [3.8, 4) is 0 Å². The summed E-state index contributed by atoms with van der Waals surface area (Å²) in [5.74, 6) is -0.252. The zero-order valence-electron chi connectivity index (χ0n) is 12.9. The van der Waals surface area contributed by atoms with Gasteiger partial charge in [0.25, 0.3) is 0 Å². The van der Waals surface area contributed by atoms with Crippen LogP contribution in [0.3, 0.4) is 0 Å². The lowest BCUT2D eigenvalue weighted by atomic mass is 10.0. The molecule has 0 fully saturated rings. The average molecular weight is 322 g/mol. The first-order chi connectivity index (χ1) is 11.7. The van der Waals surface area contributed by atoms with Crippen molar-refractivity contribution in [3.63, 3.8) is 0 Å². The number of allylic oxidation sites excluding steroid dienone is 1. The molecule has 24 heavy (non-hydrogen) atoms. The van der Waals surface area contributed by atoms with Gasteiger partial charge in [-0.15, -0.1) is 5.10 Å². The Morgan fingerprint density at radius 3 is 2.67 bits per heavy atom. The van der Waals surface area contributed by atoms with Crippen LogP contribution in [-0.2, 0) is 6.54 Å². The van der Waals surface area contributed by atoms with E-state index in [2.05, 4.69) is 15.3 Å². The number of aliphatic hydroxyl groups is 1. The summed E-state index contributed by atoms with van der Waals surface area (Å²) in [6, 6.07) is 12.3. The number of rotatable bonds is 4. The summed E-state index contributed by atoms with van der Waals surface area (Å²) in [5, 5.41) is 17.2. The molecule has 0 atom stereocenters. The lowest BCUT2D eigenvalue weighted by Crippen LogP contribution is -2.03. The number of aliphatic imine (C=N–C) groups is 1. The van der Waals surface area contributed by atoms with Crippen LogP contribution in [0.2, 0.25) is 0 Å². The van der Waals surface area contributed by atoms with Gasteiger partial charge in [-0.3, -0.25) is 4.99 Å². The van der Waals surface area contributed by atoms with Gasteiger partial charge in [0, 0.05) is 0 Å². The minimum Gasteiger partial charge on any atom is -0.394 e. The topological polar surface area (TPSA) is 63.3 Å². The van der Waals surface area contributed by atoms with E-state index in [1.807, 2.05) is 24.3 Å². The molecule has 0 bridgehead atoms. The van der Waals surface area contributed by atoms with Crippen molar-refractivity contribution in [2.24, 2.45) is 4.99 Å². The summed E-state index contributed by atoms with van der Waals surface area (Å²) in [7, 11) is 0. The molecule has 1 aromatic heterocycles. The Bertz CT molecular complexity index is 957. The molecule has 0 saturated carbocycles. The van der Waals surface area contributed by atoms with Crippen molar-refractivity contribution < 1.29 is 9.50 Å². The van der Waals surface area contributed by atoms with Crippen LogP contribution >= 0.6 is 0 Å². The van der Waals surface area contributed by atoms with E-state index in [1.165, 1.54) is 12.1 Å². The molecule has 1 aliphatic rings. The third-order valence-electron chi connectivity index (χ3n) is 4.07. The predicted octanol–water partition coefficient (Wildman–Crippen LogP) is 2.45. The Morgan fingerprint density at radius 1 is 1.08 bits per heavy atom. The van der Waals surface area contributed by atoms with Crippen LogP contribution < -0.4 is 0 Å². The standard InChI is InChI=1S/C18H15FN4O/c19-15-4-1-12(2-5-15)16-10-14(11-20-16)13-3-6-18-17(9-13)21-22-23(18)7-8-24/h1-6,9-10,24H,7-8,11H2. The van der Waals surface area contributed by atoms with E-state index in [1.54, 1.807) is 16.8 Å². The molecule has 6 heteroatoms. The van der Waals surface area contributed by atoms with E-state index >= 15 is 0 Å². The van der Waals surface area contributed by atoms with E-state index in [-0.39, 0.29) is 12.4 Å². The summed E-state index contributed by atoms with van der Waals surface area (Å²) >= 11 is 0. The van der Waals surface area contributed by atoms with Gasteiger partial charge in [0.05, 0.1) is 30.9 Å². The highest BCUT2D eigenvalue weighted by atomic mass is 19.1. The Kier molecular flexibility index (Phi) is 3.66. The fourth-order valence-electron chi connectivity index (χ4n) is 2.83. The molecule has 0 unspecified atom stereocenters. The Morgan fingerprint density at radius 2 is 1.88 bits per heavy atom. The Labute approximate surface area is 137 Å². The lowest BCUT2D eigenvalue weighted by Gasteiger charge is -2.02. The molecular weight excluding hydrogens is 307 g/mol. The maximum Gasteiger partial charge on any atom is 0.123 e. The molecule has 3 aromatic rings. The molecule has 4 rings (SSSR count). The van der Waals surface area contributed by atoms with Crippen molar-refractivity contribution in [1.29, 1.82) is 0 Å². The molecule has 0 aliphatic carbocycles. The van der Waals surface area contributed by atoms with Crippen molar-refractivity contribution in [2.45, 2.75) is 6.54 Å². The van der Waals surface area contributed by atoms with Gasteiger partial charge in [0.15, 0.2) is 0 Å². The maximum atomic E-state index is 13.0. The van der Waals surface area contributed by atoms with Crippen LogP contribution in [0.4, 0.5) is 4.39 Å². The number of fused-ring (bicyclic) bond motifs is 1. The second kappa shape index (κ2) is 5.98. The van der Waals surface area contributed by atoms with Crippen molar-refractivity contribution in [2.75, 3.05) is 13.2 Å². The first-order valence-electron chi connectivity index (χ1n) is 7.70. The van der Waals surface area contributed by atoms with Crippen molar-refractivity contribution in [3.05, 3.63) is 65.5 Å². The molecular formula is C18H15FN4O. The quantitative estimate of drug-likeness (QED) is 0.802. The van der Waals surface area contributed by atoms with Gasteiger partial charge in [0.1, 0.15) is 11.3 Å². The highest BCUT2D eigenvalue weighted by Crippen LogP contribution is 2.24. The monoisotopic (exact) mass is 322 g/mol. The van der Waals surface area contributed by atoms with E-state index in [0.717, 1.165) is 33.4 Å². The molecule has 1 aliphatic heterocycles. The van der Waals surface area contributed by atoms with E-state index in [9.17, 15) is 4.39 Å². The number of aliphatic hydroxyl groups excluding tert-OH is 1. The van der Waals surface area contributed by atoms with E-state index in [0.29, 0.717) is 13.1 Å². The third-order valence-corrected chi connectivity index (χ3v) is 4.07. The molecule has 120 valence electrons. The summed E-state index contributed by atoms with van der Waals surface area (Å²) in [5.41, 5.74) is 5.57. The molecule has 0 spiro atoms. The smallest absolute Gasteiger partial charge is 0.123 e. The summed E-state index contributed by atoms with van der Waals surface area (Å²) in [6.07, 6.45) is 2.02. The van der Waals surface area contributed by atoms with E-state index in [4.69, 9.17) is 5.11 Å². The second-order valence-corrected chi connectivity index (χ2v) is 5.62. The van der Waals surface area contributed by atoms with Gasteiger partial charge in [-0.1, -0.05) is 11.3 Å². The third kappa shape index (κ3) is 2.61. The van der Waals surface area contributed by atoms with Crippen LogP contribution in [0.25, 0.3) is 16.6 Å². The predicted molar refractivity (Wildman–Crippen MR) is 90.4 cm³/mol. The highest BCUT2D eigenvalue weighted by molar-refractivity contribution is 6.15. The zero-order valence-corrected chi connectivity index (χ0v) is 12.9. The first-order valence-corrected chi connectivity index (χ1v) is 7.70. The van der Waals surface area contributed by atoms with Gasteiger partial charge >= 0.3 is 0 Å².